The minimum atomic E-state index is -0.437. The van der Waals surface area contributed by atoms with Gasteiger partial charge in [0.15, 0.2) is 0 Å². The highest BCUT2D eigenvalue weighted by Gasteiger charge is 2.29. The third kappa shape index (κ3) is 2.99. The first-order valence-electron chi connectivity index (χ1n) is 5.62. The number of nitrogens with two attached hydrogens (primary N) is 1. The summed E-state index contributed by atoms with van der Waals surface area (Å²) in [6.07, 6.45) is 2.42. The van der Waals surface area contributed by atoms with Crippen LogP contribution in [0.25, 0.3) is 0 Å². The van der Waals surface area contributed by atoms with Gasteiger partial charge in [0, 0.05) is 17.4 Å². The van der Waals surface area contributed by atoms with Gasteiger partial charge in [-0.2, -0.15) is 11.8 Å². The highest BCUT2D eigenvalue weighted by atomic mass is 35.5. The molecule has 2 nitrogen and oxygen atoms in total. The number of nitrogens with one attached hydrogen (secondary N) is 1. The van der Waals surface area contributed by atoms with Gasteiger partial charge in [0.1, 0.15) is 5.82 Å². The molecule has 1 saturated heterocycles. The first-order chi connectivity index (χ1) is 8.00. The van der Waals surface area contributed by atoms with Gasteiger partial charge < -0.3 is 11.1 Å². The molecule has 17 heavy (non-hydrogen) atoms. The van der Waals surface area contributed by atoms with E-state index in [1.165, 1.54) is 30.7 Å². The smallest absolute Gasteiger partial charge is 0.143 e. The molecule has 1 aliphatic rings. The topological polar surface area (TPSA) is 38.0 Å². The minimum Gasteiger partial charge on any atom is -0.397 e. The van der Waals surface area contributed by atoms with Crippen molar-refractivity contribution in [1.29, 1.82) is 0 Å². The fraction of sp³-hybridized carbons (Fsp3) is 0.500. The van der Waals surface area contributed by atoms with Gasteiger partial charge in [-0.15, -0.1) is 0 Å². The fourth-order valence-corrected chi connectivity index (χ4v) is 3.39. The van der Waals surface area contributed by atoms with Gasteiger partial charge in [-0.1, -0.05) is 11.6 Å². The summed E-state index contributed by atoms with van der Waals surface area (Å²) >= 11 is 7.61. The predicted octanol–water partition coefficient (Wildman–Crippen LogP) is 3.76. The predicted molar refractivity (Wildman–Crippen MR) is 74.4 cm³/mol. The summed E-state index contributed by atoms with van der Waals surface area (Å²) in [6.45, 7) is 3.02. The number of rotatable bonds is 3. The molecule has 0 aliphatic carbocycles. The molecule has 1 fully saturated rings. The number of halogens is 2. The summed E-state index contributed by atoms with van der Waals surface area (Å²) in [4.78, 5) is 0. The van der Waals surface area contributed by atoms with Crippen molar-refractivity contribution in [3.8, 4) is 0 Å². The lowest BCUT2D eigenvalue weighted by atomic mass is 10.1. The summed E-state index contributed by atoms with van der Waals surface area (Å²) in [5, 5.41) is 3.28. The standard InChI is InChI=1S/C12H16ClFN2S/c1-12(3-2-4-17-12)7-16-11-6-9(14)8(13)5-10(11)15/h5-6,16H,2-4,7,15H2,1H3. The first kappa shape index (κ1) is 12.8. The molecule has 94 valence electrons. The lowest BCUT2D eigenvalue weighted by Crippen LogP contribution is -2.27. The van der Waals surface area contributed by atoms with Gasteiger partial charge in [0.25, 0.3) is 0 Å². The van der Waals surface area contributed by atoms with Crippen LogP contribution >= 0.6 is 23.4 Å². The molecule has 1 aromatic carbocycles. The zero-order valence-electron chi connectivity index (χ0n) is 9.72. The number of benzene rings is 1. The Morgan fingerprint density at radius 1 is 1.59 bits per heavy atom. The van der Waals surface area contributed by atoms with Crippen LogP contribution in [0.3, 0.4) is 0 Å². The van der Waals surface area contributed by atoms with Crippen molar-refractivity contribution in [3.63, 3.8) is 0 Å². The second kappa shape index (κ2) is 4.94. The maximum atomic E-state index is 13.3. The highest BCUT2D eigenvalue weighted by Crippen LogP contribution is 2.38. The number of anilines is 2. The van der Waals surface area contributed by atoms with Crippen LogP contribution in [-0.2, 0) is 0 Å². The van der Waals surface area contributed by atoms with Crippen molar-refractivity contribution < 1.29 is 4.39 Å². The molecule has 0 spiro atoms. The average molecular weight is 275 g/mol. The lowest BCUT2D eigenvalue weighted by molar-refractivity contribution is 0.624. The maximum Gasteiger partial charge on any atom is 0.143 e. The Balaban J connectivity index is 2.06. The van der Waals surface area contributed by atoms with Crippen LogP contribution in [0.4, 0.5) is 15.8 Å². The number of hydrogen-bond donors (Lipinski definition) is 2. The van der Waals surface area contributed by atoms with Crippen LogP contribution in [0, 0.1) is 5.82 Å². The second-order valence-electron chi connectivity index (χ2n) is 4.61. The van der Waals surface area contributed by atoms with Crippen molar-refractivity contribution >= 4 is 34.7 Å². The summed E-state index contributed by atoms with van der Waals surface area (Å²) < 4.78 is 13.5. The molecule has 1 heterocycles. The maximum absolute atomic E-state index is 13.3. The Morgan fingerprint density at radius 2 is 2.35 bits per heavy atom. The van der Waals surface area contributed by atoms with E-state index < -0.39 is 5.82 Å². The van der Waals surface area contributed by atoms with E-state index in [0.717, 1.165) is 6.54 Å². The summed E-state index contributed by atoms with van der Waals surface area (Å²) in [5.74, 6) is 0.760. The van der Waals surface area contributed by atoms with Crippen molar-refractivity contribution in [3.05, 3.63) is 23.0 Å². The summed E-state index contributed by atoms with van der Waals surface area (Å²) in [7, 11) is 0. The van der Waals surface area contributed by atoms with E-state index in [2.05, 4.69) is 12.2 Å². The van der Waals surface area contributed by atoms with Crippen molar-refractivity contribution in [2.45, 2.75) is 24.5 Å². The third-order valence-corrected chi connectivity index (χ3v) is 4.87. The largest absolute Gasteiger partial charge is 0.397 e. The van der Waals surface area contributed by atoms with E-state index in [1.807, 2.05) is 11.8 Å². The quantitative estimate of drug-likeness (QED) is 0.824. The van der Waals surface area contributed by atoms with E-state index >= 15 is 0 Å². The molecule has 0 radical (unpaired) electrons. The highest BCUT2D eigenvalue weighted by molar-refractivity contribution is 8.00. The Morgan fingerprint density at radius 3 is 3.00 bits per heavy atom. The van der Waals surface area contributed by atoms with Gasteiger partial charge >= 0.3 is 0 Å². The van der Waals surface area contributed by atoms with Crippen LogP contribution in [-0.4, -0.2) is 17.0 Å². The molecular formula is C12H16ClFN2S. The van der Waals surface area contributed by atoms with Crippen LogP contribution in [0.2, 0.25) is 5.02 Å². The molecule has 0 bridgehead atoms. The normalized spacial score (nSPS) is 23.9. The first-order valence-corrected chi connectivity index (χ1v) is 6.99. The van der Waals surface area contributed by atoms with Gasteiger partial charge in [-0.05, 0) is 31.6 Å². The van der Waals surface area contributed by atoms with Crippen LogP contribution < -0.4 is 11.1 Å². The molecule has 3 N–H and O–H groups in total. The third-order valence-electron chi connectivity index (χ3n) is 3.05. The van der Waals surface area contributed by atoms with Gasteiger partial charge in [-0.25, -0.2) is 4.39 Å². The molecule has 1 aliphatic heterocycles. The van der Waals surface area contributed by atoms with Crippen molar-refractivity contribution in [1.82, 2.24) is 0 Å². The number of nitrogen functional groups attached to an aromatic ring is 1. The Bertz CT molecular complexity index is 419. The number of thioether (sulfide) groups is 1. The molecule has 0 saturated carbocycles. The summed E-state index contributed by atoms with van der Waals surface area (Å²) in [6, 6.07) is 2.81. The Hall–Kier alpha value is -0.610. The van der Waals surface area contributed by atoms with Crippen molar-refractivity contribution in [2.24, 2.45) is 0 Å². The van der Waals surface area contributed by atoms with Crippen LogP contribution in [0.5, 0.6) is 0 Å². The fourth-order valence-electron chi connectivity index (χ4n) is 1.97. The van der Waals surface area contributed by atoms with E-state index in [-0.39, 0.29) is 9.77 Å². The minimum absolute atomic E-state index is 0.0644. The second-order valence-corrected chi connectivity index (χ2v) is 6.70. The van der Waals surface area contributed by atoms with Gasteiger partial charge in [-0.3, -0.25) is 0 Å². The van der Waals surface area contributed by atoms with Crippen LogP contribution in [0.1, 0.15) is 19.8 Å². The molecule has 0 aromatic heterocycles. The number of hydrogen-bond acceptors (Lipinski definition) is 3. The van der Waals surface area contributed by atoms with Gasteiger partial charge in [0.2, 0.25) is 0 Å². The SMILES string of the molecule is CC1(CNc2cc(F)c(Cl)cc2N)CCCS1. The molecular weight excluding hydrogens is 259 g/mol. The van der Waals surface area contributed by atoms with Gasteiger partial charge in [0.05, 0.1) is 16.4 Å². The molecule has 2 rings (SSSR count). The monoisotopic (exact) mass is 274 g/mol. The van der Waals surface area contributed by atoms with E-state index in [4.69, 9.17) is 17.3 Å². The average Bonchev–Trinajstić information content (AvgIpc) is 2.69. The van der Waals surface area contributed by atoms with E-state index in [1.54, 1.807) is 0 Å². The zero-order chi connectivity index (χ0) is 12.5. The molecule has 1 aromatic rings. The van der Waals surface area contributed by atoms with Crippen LogP contribution in [0.15, 0.2) is 12.1 Å². The summed E-state index contributed by atoms with van der Waals surface area (Å²) in [5.41, 5.74) is 6.91. The Labute approximate surface area is 110 Å². The molecule has 0 amide bonds. The zero-order valence-corrected chi connectivity index (χ0v) is 11.3. The molecule has 1 atom stereocenters. The van der Waals surface area contributed by atoms with E-state index in [9.17, 15) is 4.39 Å². The molecule has 5 heteroatoms. The lowest BCUT2D eigenvalue weighted by Gasteiger charge is -2.24. The van der Waals surface area contributed by atoms with E-state index in [0.29, 0.717) is 11.4 Å². The molecule has 1 unspecified atom stereocenters. The Kier molecular flexibility index (Phi) is 3.73. The van der Waals surface area contributed by atoms with Crippen molar-refractivity contribution in [2.75, 3.05) is 23.3 Å².